The van der Waals surface area contributed by atoms with Crippen LogP contribution in [0.1, 0.15) is 24.7 Å². The summed E-state index contributed by atoms with van der Waals surface area (Å²) < 4.78 is 3.02. The molecule has 0 amide bonds. The first-order valence-corrected chi connectivity index (χ1v) is 7.67. The molecule has 1 aromatic carbocycles. The molecule has 0 bridgehead atoms. The average molecular weight is 337 g/mol. The van der Waals surface area contributed by atoms with Crippen LogP contribution in [0.2, 0.25) is 0 Å². The molecule has 1 heterocycles. The minimum absolute atomic E-state index is 0.491. The van der Waals surface area contributed by atoms with Crippen molar-refractivity contribution in [3.05, 3.63) is 46.5 Å². The van der Waals surface area contributed by atoms with E-state index in [1.165, 1.54) is 10.0 Å². The number of likely N-dealkylation sites (N-methyl/N-ethyl adjacent to an activating group) is 1. The molecule has 0 aliphatic rings. The molecule has 5 heteroatoms. The lowest BCUT2D eigenvalue weighted by Crippen LogP contribution is -2.33. The van der Waals surface area contributed by atoms with Crippen molar-refractivity contribution in [2.24, 2.45) is 7.05 Å². The smallest absolute Gasteiger partial charge is 0.140 e. The van der Waals surface area contributed by atoms with Gasteiger partial charge in [0.15, 0.2) is 0 Å². The third-order valence-corrected chi connectivity index (χ3v) is 4.48. The molecule has 0 saturated heterocycles. The molecule has 0 fully saturated rings. The summed E-state index contributed by atoms with van der Waals surface area (Å²) in [5.41, 5.74) is 1.35. The van der Waals surface area contributed by atoms with Gasteiger partial charge in [0.1, 0.15) is 12.2 Å². The molecule has 2 rings (SSSR count). The van der Waals surface area contributed by atoms with Gasteiger partial charge in [-0.05, 0) is 31.5 Å². The quantitative estimate of drug-likeness (QED) is 0.813. The maximum absolute atomic E-state index is 4.30. The summed E-state index contributed by atoms with van der Waals surface area (Å²) in [5.74, 6) is 0.998. The van der Waals surface area contributed by atoms with Gasteiger partial charge in [-0.25, -0.2) is 4.98 Å². The summed E-state index contributed by atoms with van der Waals surface area (Å²) in [6.07, 6.45) is 3.75. The fourth-order valence-electron chi connectivity index (χ4n) is 2.35. The Bertz CT molecular complexity index is 552. The van der Waals surface area contributed by atoms with Crippen LogP contribution in [0.5, 0.6) is 0 Å². The molecule has 20 heavy (non-hydrogen) atoms. The van der Waals surface area contributed by atoms with Crippen molar-refractivity contribution in [2.75, 3.05) is 7.05 Å². The topological polar surface area (TPSA) is 34.0 Å². The third kappa shape index (κ3) is 3.67. The van der Waals surface area contributed by atoms with E-state index >= 15 is 0 Å². The van der Waals surface area contributed by atoms with Crippen molar-refractivity contribution >= 4 is 15.9 Å². The van der Waals surface area contributed by atoms with Gasteiger partial charge in [0.2, 0.25) is 0 Å². The van der Waals surface area contributed by atoms with Crippen LogP contribution in [0.15, 0.2) is 35.1 Å². The zero-order valence-corrected chi connectivity index (χ0v) is 13.8. The molecule has 0 saturated carbocycles. The van der Waals surface area contributed by atoms with E-state index < -0.39 is 0 Å². The summed E-state index contributed by atoms with van der Waals surface area (Å²) in [4.78, 5) is 6.65. The highest BCUT2D eigenvalue weighted by atomic mass is 79.9. The number of rotatable bonds is 6. The lowest BCUT2D eigenvalue weighted by atomic mass is 10.0. The molecule has 4 nitrogen and oxygen atoms in total. The van der Waals surface area contributed by atoms with Crippen molar-refractivity contribution < 1.29 is 0 Å². The van der Waals surface area contributed by atoms with Crippen molar-refractivity contribution in [3.8, 4) is 0 Å². The van der Waals surface area contributed by atoms with E-state index in [9.17, 15) is 0 Å². The van der Waals surface area contributed by atoms with E-state index in [0.717, 1.165) is 25.2 Å². The van der Waals surface area contributed by atoms with Gasteiger partial charge in [0.25, 0.3) is 0 Å². The van der Waals surface area contributed by atoms with Crippen LogP contribution in [0.3, 0.4) is 0 Å². The van der Waals surface area contributed by atoms with E-state index in [1.807, 2.05) is 11.7 Å². The zero-order chi connectivity index (χ0) is 14.5. The van der Waals surface area contributed by atoms with Gasteiger partial charge in [-0.1, -0.05) is 41.1 Å². The SMILES string of the molecule is CC[C@H](Cc1ccccc1Br)N(C)Cc1ncnn1C. The number of halogens is 1. The molecule has 0 radical (unpaired) electrons. The van der Waals surface area contributed by atoms with Crippen LogP contribution in [-0.4, -0.2) is 32.8 Å². The summed E-state index contributed by atoms with van der Waals surface area (Å²) in [5, 5.41) is 4.12. The van der Waals surface area contributed by atoms with Gasteiger partial charge < -0.3 is 0 Å². The Balaban J connectivity index is 2.04. The highest BCUT2D eigenvalue weighted by Gasteiger charge is 2.16. The van der Waals surface area contributed by atoms with Crippen molar-refractivity contribution in [1.82, 2.24) is 19.7 Å². The molecule has 0 N–H and O–H groups in total. The number of hydrogen-bond acceptors (Lipinski definition) is 3. The summed E-state index contributed by atoms with van der Waals surface area (Å²) in [6, 6.07) is 8.92. The van der Waals surface area contributed by atoms with Crippen LogP contribution >= 0.6 is 15.9 Å². The fraction of sp³-hybridized carbons (Fsp3) is 0.467. The van der Waals surface area contributed by atoms with Crippen LogP contribution in [0.25, 0.3) is 0 Å². The minimum Gasteiger partial charge on any atom is -0.296 e. The van der Waals surface area contributed by atoms with Crippen LogP contribution in [-0.2, 0) is 20.0 Å². The van der Waals surface area contributed by atoms with E-state index in [1.54, 1.807) is 6.33 Å². The molecule has 0 aliphatic heterocycles. The van der Waals surface area contributed by atoms with Gasteiger partial charge in [-0.15, -0.1) is 0 Å². The van der Waals surface area contributed by atoms with E-state index in [2.05, 4.69) is 69.1 Å². The Hall–Kier alpha value is -1.20. The third-order valence-electron chi connectivity index (χ3n) is 3.70. The molecule has 0 unspecified atom stereocenters. The first-order valence-electron chi connectivity index (χ1n) is 6.88. The van der Waals surface area contributed by atoms with E-state index in [4.69, 9.17) is 0 Å². The Morgan fingerprint density at radius 2 is 2.10 bits per heavy atom. The molecule has 1 aromatic heterocycles. The van der Waals surface area contributed by atoms with Gasteiger partial charge in [-0.3, -0.25) is 9.58 Å². The van der Waals surface area contributed by atoms with E-state index in [0.29, 0.717) is 6.04 Å². The molecule has 0 aliphatic carbocycles. The maximum Gasteiger partial charge on any atom is 0.140 e. The summed E-state index contributed by atoms with van der Waals surface area (Å²) in [6.45, 7) is 3.05. The first-order chi connectivity index (χ1) is 9.61. The van der Waals surface area contributed by atoms with Crippen molar-refractivity contribution in [1.29, 1.82) is 0 Å². The second-order valence-electron chi connectivity index (χ2n) is 5.07. The average Bonchev–Trinajstić information content (AvgIpc) is 2.83. The normalized spacial score (nSPS) is 12.8. The molecule has 0 spiro atoms. The number of hydrogen-bond donors (Lipinski definition) is 0. The largest absolute Gasteiger partial charge is 0.296 e. The number of aryl methyl sites for hydroxylation is 1. The fourth-order valence-corrected chi connectivity index (χ4v) is 2.79. The Morgan fingerprint density at radius 3 is 2.70 bits per heavy atom. The van der Waals surface area contributed by atoms with Gasteiger partial charge in [0.05, 0.1) is 6.54 Å². The molecule has 2 aromatic rings. The Kier molecular flexibility index (Phi) is 5.31. The summed E-state index contributed by atoms with van der Waals surface area (Å²) in [7, 11) is 4.09. The Labute approximate surface area is 128 Å². The second kappa shape index (κ2) is 6.99. The predicted molar refractivity (Wildman–Crippen MR) is 84.4 cm³/mol. The monoisotopic (exact) mass is 336 g/mol. The lowest BCUT2D eigenvalue weighted by Gasteiger charge is -2.27. The predicted octanol–water partition coefficient (Wildman–Crippen LogP) is 3.03. The zero-order valence-electron chi connectivity index (χ0n) is 12.3. The highest BCUT2D eigenvalue weighted by molar-refractivity contribution is 9.10. The van der Waals surface area contributed by atoms with Crippen LogP contribution in [0.4, 0.5) is 0 Å². The van der Waals surface area contributed by atoms with Crippen LogP contribution in [0, 0.1) is 0 Å². The van der Waals surface area contributed by atoms with Gasteiger partial charge >= 0.3 is 0 Å². The molecular formula is C15H21BrN4. The standard InChI is InChI=1S/C15H21BrN4/c1-4-13(9-12-7-5-6-8-14(12)16)19(2)10-15-17-11-18-20(15)3/h5-8,11,13H,4,9-10H2,1-3H3/t13-/m1/s1. The first kappa shape index (κ1) is 15.2. The number of benzene rings is 1. The molecule has 1 atom stereocenters. The van der Waals surface area contributed by atoms with Crippen molar-refractivity contribution in [2.45, 2.75) is 32.4 Å². The Morgan fingerprint density at radius 1 is 1.35 bits per heavy atom. The minimum atomic E-state index is 0.491. The number of aromatic nitrogens is 3. The summed E-state index contributed by atoms with van der Waals surface area (Å²) >= 11 is 3.63. The van der Waals surface area contributed by atoms with Crippen molar-refractivity contribution in [3.63, 3.8) is 0 Å². The number of nitrogens with zero attached hydrogens (tertiary/aromatic N) is 4. The molecule has 108 valence electrons. The lowest BCUT2D eigenvalue weighted by molar-refractivity contribution is 0.218. The van der Waals surface area contributed by atoms with Crippen LogP contribution < -0.4 is 0 Å². The molecular weight excluding hydrogens is 316 g/mol. The highest BCUT2D eigenvalue weighted by Crippen LogP contribution is 2.20. The van der Waals surface area contributed by atoms with E-state index in [-0.39, 0.29) is 0 Å². The van der Waals surface area contributed by atoms with Gasteiger partial charge in [-0.2, -0.15) is 5.10 Å². The van der Waals surface area contributed by atoms with Gasteiger partial charge in [0, 0.05) is 17.6 Å². The second-order valence-corrected chi connectivity index (χ2v) is 5.93. The maximum atomic E-state index is 4.30.